The molecule has 1 aliphatic rings. The van der Waals surface area contributed by atoms with Gasteiger partial charge in [-0.25, -0.2) is 0 Å². The Morgan fingerprint density at radius 3 is 1.74 bits per heavy atom. The Hall–Kier alpha value is -6.00. The van der Waals surface area contributed by atoms with Crippen molar-refractivity contribution in [1.29, 1.82) is 0 Å². The highest BCUT2D eigenvalue weighted by molar-refractivity contribution is 7.26. The molecule has 53 heavy (non-hydrogen) atoms. The van der Waals surface area contributed by atoms with Crippen LogP contribution in [-0.2, 0) is 5.41 Å². The first kappa shape index (κ1) is 30.6. The van der Waals surface area contributed by atoms with Crippen LogP contribution in [0.4, 0.5) is 17.1 Å². The van der Waals surface area contributed by atoms with Crippen molar-refractivity contribution in [3.8, 4) is 22.3 Å². The summed E-state index contributed by atoms with van der Waals surface area (Å²) in [4.78, 5) is 2.43. The van der Waals surface area contributed by atoms with Gasteiger partial charge in [-0.1, -0.05) is 127 Å². The molecule has 2 heterocycles. The van der Waals surface area contributed by atoms with Crippen molar-refractivity contribution in [2.24, 2.45) is 0 Å². The molecular weight excluding hydrogens is 679 g/mol. The van der Waals surface area contributed by atoms with E-state index in [0.717, 1.165) is 17.1 Å². The minimum Gasteiger partial charge on any atom is -0.310 e. The molecule has 0 saturated carbocycles. The van der Waals surface area contributed by atoms with Crippen LogP contribution >= 0.6 is 22.7 Å². The van der Waals surface area contributed by atoms with E-state index in [1.165, 1.54) is 79.3 Å². The van der Waals surface area contributed by atoms with Gasteiger partial charge in [0, 0.05) is 62.8 Å². The lowest BCUT2D eigenvalue weighted by Gasteiger charge is -2.29. The summed E-state index contributed by atoms with van der Waals surface area (Å²) in [5.41, 5.74) is 12.4. The molecule has 0 unspecified atom stereocenters. The third-order valence-corrected chi connectivity index (χ3v) is 13.6. The highest BCUT2D eigenvalue weighted by Gasteiger charge is 2.41. The van der Waals surface area contributed by atoms with E-state index >= 15 is 0 Å². The number of hydrogen-bond acceptors (Lipinski definition) is 3. The first-order valence-electron chi connectivity index (χ1n) is 18.2. The fourth-order valence-corrected chi connectivity index (χ4v) is 11.1. The van der Waals surface area contributed by atoms with Crippen LogP contribution in [0.2, 0.25) is 0 Å². The first-order chi connectivity index (χ1) is 26.1. The van der Waals surface area contributed by atoms with Crippen molar-refractivity contribution in [2.45, 2.75) is 12.3 Å². The van der Waals surface area contributed by atoms with E-state index in [-0.39, 0.29) is 5.41 Å². The number of thiophene rings is 2. The maximum Gasteiger partial charge on any atom is 0.0476 e. The van der Waals surface area contributed by atoms with Gasteiger partial charge < -0.3 is 4.90 Å². The normalized spacial score (nSPS) is 13.2. The Labute approximate surface area is 316 Å². The Morgan fingerprint density at radius 2 is 0.943 bits per heavy atom. The first-order valence-corrected chi connectivity index (χ1v) is 19.8. The largest absolute Gasteiger partial charge is 0.310 e. The summed E-state index contributed by atoms with van der Waals surface area (Å²) in [6.45, 7) is 2.43. The van der Waals surface area contributed by atoms with E-state index < -0.39 is 0 Å². The van der Waals surface area contributed by atoms with Crippen LogP contribution in [0.5, 0.6) is 0 Å². The molecule has 0 fully saturated rings. The number of benzene rings is 8. The molecular formula is C50H33NS2. The Kier molecular flexibility index (Phi) is 6.79. The molecule has 8 aromatic carbocycles. The molecule has 0 N–H and O–H groups in total. The van der Waals surface area contributed by atoms with Crippen molar-refractivity contribution < 1.29 is 0 Å². The quantitative estimate of drug-likeness (QED) is 0.172. The monoisotopic (exact) mass is 711 g/mol. The van der Waals surface area contributed by atoms with Gasteiger partial charge in [0.1, 0.15) is 0 Å². The minimum absolute atomic E-state index is 0.259. The van der Waals surface area contributed by atoms with Gasteiger partial charge >= 0.3 is 0 Å². The molecule has 1 nitrogen and oxygen atoms in total. The van der Waals surface area contributed by atoms with Crippen molar-refractivity contribution in [2.75, 3.05) is 4.90 Å². The van der Waals surface area contributed by atoms with Crippen molar-refractivity contribution >= 4 is 80.1 Å². The average Bonchev–Trinajstić information content (AvgIpc) is 3.87. The summed E-state index contributed by atoms with van der Waals surface area (Å²) in [5, 5.41) is 5.28. The summed E-state index contributed by atoms with van der Waals surface area (Å²) in [6, 6.07) is 67.3. The summed E-state index contributed by atoms with van der Waals surface area (Å²) in [6.07, 6.45) is 0. The average molecular weight is 712 g/mol. The van der Waals surface area contributed by atoms with Gasteiger partial charge in [0.25, 0.3) is 0 Å². The van der Waals surface area contributed by atoms with E-state index in [0.29, 0.717) is 0 Å². The number of rotatable bonds is 5. The van der Waals surface area contributed by atoms with E-state index in [1.807, 2.05) is 22.7 Å². The maximum absolute atomic E-state index is 2.43. The van der Waals surface area contributed by atoms with Crippen LogP contribution in [0.1, 0.15) is 23.6 Å². The van der Waals surface area contributed by atoms with Crippen molar-refractivity contribution in [1.82, 2.24) is 0 Å². The number of anilines is 3. The van der Waals surface area contributed by atoms with E-state index in [9.17, 15) is 0 Å². The molecule has 0 spiro atoms. The standard InChI is InChI=1S/C50H33NS2/c1-50(42-17-8-5-14-37(42)38-15-6-9-18-43(38)50)44-19-11-21-47-49(44)40-28-26-36(31-48(40)53-47)51(34-24-22-33(23-25-34)32-12-3-2-4-13-32)35-27-29-46-41(30-35)39-16-7-10-20-45(39)52-46/h2-31H,1H3. The lowest BCUT2D eigenvalue weighted by atomic mass is 9.73. The second-order valence-electron chi connectivity index (χ2n) is 14.2. The lowest BCUT2D eigenvalue weighted by molar-refractivity contribution is 0.722. The smallest absolute Gasteiger partial charge is 0.0476 e. The van der Waals surface area contributed by atoms with Gasteiger partial charge in [-0.3, -0.25) is 0 Å². The van der Waals surface area contributed by atoms with Crippen LogP contribution in [0.15, 0.2) is 182 Å². The zero-order valence-electron chi connectivity index (χ0n) is 29.1. The van der Waals surface area contributed by atoms with Crippen molar-refractivity contribution in [3.05, 3.63) is 199 Å². The fraction of sp³-hybridized carbons (Fsp3) is 0.0400. The molecule has 2 aromatic heterocycles. The molecule has 0 bridgehead atoms. The summed E-state index contributed by atoms with van der Waals surface area (Å²) in [7, 11) is 0. The van der Waals surface area contributed by atoms with Gasteiger partial charge in [-0.2, -0.15) is 0 Å². The van der Waals surface area contributed by atoms with Gasteiger partial charge in [-0.05, 0) is 100 Å². The molecule has 3 heteroatoms. The number of nitrogens with zero attached hydrogens (tertiary/aromatic N) is 1. The van der Waals surface area contributed by atoms with Gasteiger partial charge in [0.05, 0.1) is 0 Å². The van der Waals surface area contributed by atoms with E-state index in [1.54, 1.807) is 0 Å². The van der Waals surface area contributed by atoms with Gasteiger partial charge in [0.15, 0.2) is 0 Å². The van der Waals surface area contributed by atoms with Crippen LogP contribution in [0.25, 0.3) is 62.6 Å². The fourth-order valence-electron chi connectivity index (χ4n) is 8.85. The van der Waals surface area contributed by atoms with Crippen LogP contribution in [0, 0.1) is 0 Å². The Morgan fingerprint density at radius 1 is 0.377 bits per heavy atom. The number of fused-ring (bicyclic) bond motifs is 9. The third-order valence-electron chi connectivity index (χ3n) is 11.4. The van der Waals surface area contributed by atoms with E-state index in [2.05, 4.69) is 194 Å². The molecule has 0 amide bonds. The minimum atomic E-state index is -0.259. The van der Waals surface area contributed by atoms with Crippen molar-refractivity contribution in [3.63, 3.8) is 0 Å². The predicted molar refractivity (Wildman–Crippen MR) is 230 cm³/mol. The molecule has 250 valence electrons. The summed E-state index contributed by atoms with van der Waals surface area (Å²) in [5.74, 6) is 0. The third kappa shape index (κ3) is 4.61. The van der Waals surface area contributed by atoms with Crippen LogP contribution in [0.3, 0.4) is 0 Å². The van der Waals surface area contributed by atoms with Crippen LogP contribution < -0.4 is 4.90 Å². The molecule has 0 saturated heterocycles. The van der Waals surface area contributed by atoms with Crippen LogP contribution in [-0.4, -0.2) is 0 Å². The molecule has 1 aliphatic carbocycles. The summed E-state index contributed by atoms with van der Waals surface area (Å²) >= 11 is 3.76. The highest BCUT2D eigenvalue weighted by atomic mass is 32.1. The van der Waals surface area contributed by atoms with E-state index in [4.69, 9.17) is 0 Å². The predicted octanol–water partition coefficient (Wildman–Crippen LogP) is 14.9. The lowest BCUT2D eigenvalue weighted by Crippen LogP contribution is -2.22. The highest BCUT2D eigenvalue weighted by Crippen LogP contribution is 2.55. The van der Waals surface area contributed by atoms with Gasteiger partial charge in [-0.15, -0.1) is 22.7 Å². The molecule has 11 rings (SSSR count). The molecule has 0 aliphatic heterocycles. The second-order valence-corrected chi connectivity index (χ2v) is 16.4. The molecule has 10 aromatic rings. The number of hydrogen-bond donors (Lipinski definition) is 0. The molecule has 0 atom stereocenters. The molecule has 0 radical (unpaired) electrons. The Bertz CT molecular complexity index is 2980. The summed E-state index contributed by atoms with van der Waals surface area (Å²) < 4.78 is 5.25. The van der Waals surface area contributed by atoms with Gasteiger partial charge in [0.2, 0.25) is 0 Å². The SMILES string of the molecule is CC1(c2cccc3sc4cc(N(c5ccc(-c6ccccc6)cc5)c5ccc6sc7ccccc7c6c5)ccc4c23)c2ccccc2-c2ccccc21. The zero-order chi connectivity index (χ0) is 35.1. The maximum atomic E-state index is 2.43. The topological polar surface area (TPSA) is 3.24 Å². The second kappa shape index (κ2) is 11.8. The zero-order valence-corrected chi connectivity index (χ0v) is 30.7. The Balaban J connectivity index is 1.10.